The van der Waals surface area contributed by atoms with Crippen LogP contribution in [0.1, 0.15) is 0 Å². The molecular weight excluding hydrogens is 819 g/mol. The summed E-state index contributed by atoms with van der Waals surface area (Å²) >= 11 is 0. The number of aromatic nitrogens is 5. The van der Waals surface area contributed by atoms with Gasteiger partial charge in [-0.25, -0.2) is 15.0 Å². The van der Waals surface area contributed by atoms with Gasteiger partial charge < -0.3 is 13.6 Å². The third-order valence-corrected chi connectivity index (χ3v) is 13.4. The molecule has 0 spiro atoms. The van der Waals surface area contributed by atoms with Gasteiger partial charge in [0, 0.05) is 54.7 Å². The molecule has 0 amide bonds. The Morgan fingerprint density at radius 3 is 1.60 bits per heavy atom. The highest BCUT2D eigenvalue weighted by atomic mass is 16.3. The van der Waals surface area contributed by atoms with Crippen LogP contribution >= 0.6 is 0 Å². The zero-order chi connectivity index (χ0) is 44.0. The maximum atomic E-state index is 6.29. The highest BCUT2D eigenvalue weighted by molar-refractivity contribution is 6.17. The summed E-state index contributed by atoms with van der Waals surface area (Å²) in [6, 6.07) is 79.2. The quantitative estimate of drug-likeness (QED) is 0.167. The zero-order valence-electron chi connectivity index (χ0n) is 36.0. The standard InChI is InChI=1S/C61H37N5O/c1-3-17-38(18-4-1)41-34-35-49(43-22-8-7-21-42(41)43)60-62-59(39-33-36-56-51(37-39)46-25-11-14-32-55(46)67-56)63-61(64-60)50-28-15-26-47-44-23-10-13-30-53(44)66(57(47)50)54-31-16-27-48-45-24-9-12-29-52(45)65(58(48)54)40-19-5-2-6-20-40/h1-37H. The van der Waals surface area contributed by atoms with Crippen molar-refractivity contribution in [2.75, 3.05) is 0 Å². The first kappa shape index (κ1) is 37.3. The summed E-state index contributed by atoms with van der Waals surface area (Å²) in [5.74, 6) is 1.76. The first-order valence-corrected chi connectivity index (χ1v) is 22.6. The fourth-order valence-corrected chi connectivity index (χ4v) is 10.5. The second-order valence-corrected chi connectivity index (χ2v) is 17.1. The molecular formula is C61H37N5O. The first-order chi connectivity index (χ1) is 33.2. The molecule has 0 N–H and O–H groups in total. The molecule has 0 aliphatic rings. The molecule has 0 bridgehead atoms. The first-order valence-electron chi connectivity index (χ1n) is 22.6. The van der Waals surface area contributed by atoms with E-state index in [1.165, 1.54) is 10.8 Å². The van der Waals surface area contributed by atoms with Crippen molar-refractivity contribution in [3.8, 4) is 56.7 Å². The average Bonchev–Trinajstić information content (AvgIpc) is 4.06. The van der Waals surface area contributed by atoms with Crippen molar-refractivity contribution in [2.45, 2.75) is 0 Å². The van der Waals surface area contributed by atoms with Gasteiger partial charge in [-0.15, -0.1) is 0 Å². The molecule has 6 nitrogen and oxygen atoms in total. The van der Waals surface area contributed by atoms with Crippen LogP contribution in [0.5, 0.6) is 0 Å². The fraction of sp³-hybridized carbons (Fsp3) is 0. The molecule has 4 aromatic heterocycles. The highest BCUT2D eigenvalue weighted by Crippen LogP contribution is 2.43. The van der Waals surface area contributed by atoms with E-state index in [2.05, 4.69) is 209 Å². The van der Waals surface area contributed by atoms with Crippen LogP contribution in [0.2, 0.25) is 0 Å². The molecule has 0 fully saturated rings. The predicted molar refractivity (Wildman–Crippen MR) is 275 cm³/mol. The lowest BCUT2D eigenvalue weighted by molar-refractivity contribution is 0.669. The van der Waals surface area contributed by atoms with Gasteiger partial charge in [0.25, 0.3) is 0 Å². The number of hydrogen-bond donors (Lipinski definition) is 0. The van der Waals surface area contributed by atoms with Gasteiger partial charge in [-0.3, -0.25) is 0 Å². The summed E-state index contributed by atoms with van der Waals surface area (Å²) in [6.07, 6.45) is 0. The van der Waals surface area contributed by atoms with Crippen LogP contribution in [0.25, 0.3) is 133 Å². The van der Waals surface area contributed by atoms with Crippen molar-refractivity contribution in [1.82, 2.24) is 24.1 Å². The lowest BCUT2D eigenvalue weighted by Crippen LogP contribution is -2.04. The van der Waals surface area contributed by atoms with Gasteiger partial charge in [-0.1, -0.05) is 158 Å². The van der Waals surface area contributed by atoms with Gasteiger partial charge >= 0.3 is 0 Å². The monoisotopic (exact) mass is 855 g/mol. The van der Waals surface area contributed by atoms with Crippen molar-refractivity contribution < 1.29 is 4.42 Å². The molecule has 0 radical (unpaired) electrons. The summed E-state index contributed by atoms with van der Waals surface area (Å²) in [4.78, 5) is 16.3. The molecule has 312 valence electrons. The van der Waals surface area contributed by atoms with E-state index in [1.807, 2.05) is 24.3 Å². The van der Waals surface area contributed by atoms with E-state index in [9.17, 15) is 0 Å². The smallest absolute Gasteiger partial charge is 0.166 e. The molecule has 0 atom stereocenters. The van der Waals surface area contributed by atoms with Gasteiger partial charge in [0.15, 0.2) is 17.5 Å². The summed E-state index contributed by atoms with van der Waals surface area (Å²) in [5.41, 5.74) is 13.2. The molecule has 6 heteroatoms. The molecule has 67 heavy (non-hydrogen) atoms. The van der Waals surface area contributed by atoms with Crippen molar-refractivity contribution in [2.24, 2.45) is 0 Å². The Bertz CT molecular complexity index is 4280. The second kappa shape index (κ2) is 14.7. The Kier molecular flexibility index (Phi) is 8.18. The number of hydrogen-bond acceptors (Lipinski definition) is 4. The summed E-state index contributed by atoms with van der Waals surface area (Å²) in [7, 11) is 0. The molecule has 0 saturated carbocycles. The van der Waals surface area contributed by atoms with Crippen LogP contribution in [-0.4, -0.2) is 24.1 Å². The predicted octanol–water partition coefficient (Wildman–Crippen LogP) is 15.8. The van der Waals surface area contributed by atoms with Gasteiger partial charge in [-0.05, 0) is 88.6 Å². The van der Waals surface area contributed by atoms with Gasteiger partial charge in [0.05, 0.1) is 27.8 Å². The minimum absolute atomic E-state index is 0.578. The summed E-state index contributed by atoms with van der Waals surface area (Å²) < 4.78 is 11.1. The lowest BCUT2D eigenvalue weighted by atomic mass is 9.94. The Morgan fingerprint density at radius 2 is 0.836 bits per heavy atom. The summed E-state index contributed by atoms with van der Waals surface area (Å²) in [5, 5.41) is 8.89. The largest absolute Gasteiger partial charge is 0.456 e. The number of fused-ring (bicyclic) bond motifs is 10. The van der Waals surface area contributed by atoms with Crippen molar-refractivity contribution in [3.05, 3.63) is 224 Å². The maximum absolute atomic E-state index is 6.29. The number of benzene rings is 10. The maximum Gasteiger partial charge on any atom is 0.166 e. The van der Waals surface area contributed by atoms with Crippen LogP contribution in [0.15, 0.2) is 229 Å². The second-order valence-electron chi connectivity index (χ2n) is 17.1. The van der Waals surface area contributed by atoms with E-state index in [-0.39, 0.29) is 0 Å². The van der Waals surface area contributed by atoms with Crippen molar-refractivity contribution in [1.29, 1.82) is 0 Å². The topological polar surface area (TPSA) is 61.7 Å². The number of para-hydroxylation sites is 6. The Balaban J connectivity index is 1.08. The van der Waals surface area contributed by atoms with Crippen LogP contribution in [0, 0.1) is 0 Å². The van der Waals surface area contributed by atoms with Crippen LogP contribution in [0.3, 0.4) is 0 Å². The van der Waals surface area contributed by atoms with E-state index < -0.39 is 0 Å². The lowest BCUT2D eigenvalue weighted by Gasteiger charge is -2.16. The van der Waals surface area contributed by atoms with E-state index >= 15 is 0 Å². The molecule has 0 aliphatic heterocycles. The minimum Gasteiger partial charge on any atom is -0.456 e. The number of furan rings is 1. The SMILES string of the molecule is c1ccc(-c2ccc(-c3nc(-c4ccc5oc6ccccc6c5c4)nc(-c4cccc5c6ccccc6n(-c6cccc7c8ccccc8n(-c8ccccc8)c67)c45)n3)c3ccccc23)cc1. The third-order valence-electron chi connectivity index (χ3n) is 13.4. The van der Waals surface area contributed by atoms with E-state index in [0.29, 0.717) is 17.5 Å². The Morgan fingerprint density at radius 1 is 0.299 bits per heavy atom. The van der Waals surface area contributed by atoms with E-state index in [0.717, 1.165) is 105 Å². The van der Waals surface area contributed by atoms with Crippen LogP contribution in [-0.2, 0) is 0 Å². The Labute approximate surface area is 384 Å². The van der Waals surface area contributed by atoms with Crippen molar-refractivity contribution in [3.63, 3.8) is 0 Å². The normalized spacial score (nSPS) is 11.9. The van der Waals surface area contributed by atoms with E-state index in [4.69, 9.17) is 19.4 Å². The van der Waals surface area contributed by atoms with Gasteiger partial charge in [-0.2, -0.15) is 0 Å². The average molecular weight is 856 g/mol. The molecule has 14 aromatic rings. The molecule has 0 unspecified atom stereocenters. The highest BCUT2D eigenvalue weighted by Gasteiger charge is 2.24. The third kappa shape index (κ3) is 5.73. The zero-order valence-corrected chi connectivity index (χ0v) is 36.0. The molecule has 14 rings (SSSR count). The molecule has 0 saturated heterocycles. The molecule has 10 aromatic carbocycles. The van der Waals surface area contributed by atoms with Crippen LogP contribution in [0.4, 0.5) is 0 Å². The van der Waals surface area contributed by atoms with Crippen molar-refractivity contribution >= 4 is 76.3 Å². The fourth-order valence-electron chi connectivity index (χ4n) is 10.5. The molecule has 0 aliphatic carbocycles. The minimum atomic E-state index is 0.578. The summed E-state index contributed by atoms with van der Waals surface area (Å²) in [6.45, 7) is 0. The van der Waals surface area contributed by atoms with Crippen LogP contribution < -0.4 is 0 Å². The molecule has 4 heterocycles. The number of rotatable bonds is 6. The van der Waals surface area contributed by atoms with Gasteiger partial charge in [0.2, 0.25) is 0 Å². The van der Waals surface area contributed by atoms with Gasteiger partial charge in [0.1, 0.15) is 11.2 Å². The van der Waals surface area contributed by atoms with E-state index in [1.54, 1.807) is 0 Å². The number of nitrogens with zero attached hydrogens (tertiary/aromatic N) is 5. The Hall–Kier alpha value is -9.13.